The van der Waals surface area contributed by atoms with Crippen molar-refractivity contribution in [1.29, 1.82) is 0 Å². The van der Waals surface area contributed by atoms with Crippen LogP contribution in [0.15, 0.2) is 30.3 Å². The van der Waals surface area contributed by atoms with Crippen LogP contribution < -0.4 is 10.1 Å². The van der Waals surface area contributed by atoms with Gasteiger partial charge in [-0.15, -0.1) is 0 Å². The van der Waals surface area contributed by atoms with Gasteiger partial charge in [0.25, 0.3) is 0 Å². The Bertz CT molecular complexity index is 1060. The molecule has 0 unspecified atom stereocenters. The van der Waals surface area contributed by atoms with E-state index >= 15 is 0 Å². The van der Waals surface area contributed by atoms with Gasteiger partial charge in [-0.2, -0.15) is 0 Å². The van der Waals surface area contributed by atoms with Crippen LogP contribution in [0.1, 0.15) is 35.2 Å². The highest BCUT2D eigenvalue weighted by Crippen LogP contribution is 2.35. The fourth-order valence-electron chi connectivity index (χ4n) is 4.93. The van der Waals surface area contributed by atoms with Crippen LogP contribution in [0.25, 0.3) is 10.9 Å². The third-order valence-corrected chi connectivity index (χ3v) is 6.80. The second kappa shape index (κ2) is 8.22. The molecule has 1 aliphatic carbocycles. The lowest BCUT2D eigenvalue weighted by molar-refractivity contribution is 0.298. The molecule has 0 atom stereocenters. The van der Waals surface area contributed by atoms with Crippen LogP contribution in [-0.2, 0) is 32.2 Å². The number of aryl methyl sites for hydroxylation is 2. The quantitative estimate of drug-likeness (QED) is 0.585. The first-order valence-electron chi connectivity index (χ1n) is 10.6. The van der Waals surface area contributed by atoms with Gasteiger partial charge in [-0.1, -0.05) is 29.3 Å². The molecule has 3 aromatic rings. The van der Waals surface area contributed by atoms with Gasteiger partial charge in [0.2, 0.25) is 0 Å². The molecule has 0 bridgehead atoms. The van der Waals surface area contributed by atoms with Gasteiger partial charge >= 0.3 is 0 Å². The first kappa shape index (κ1) is 19.3. The lowest BCUT2D eigenvalue weighted by Gasteiger charge is -2.17. The predicted octanol–water partition coefficient (Wildman–Crippen LogP) is 5.59. The number of benzene rings is 2. The Morgan fingerprint density at radius 1 is 0.931 bits per heavy atom. The highest BCUT2D eigenvalue weighted by molar-refractivity contribution is 6.38. The summed E-state index contributed by atoms with van der Waals surface area (Å²) < 4.78 is 8.53. The summed E-state index contributed by atoms with van der Waals surface area (Å²) in [5.74, 6) is 0.976. The number of hydrogen-bond acceptors (Lipinski definition) is 2. The molecule has 0 saturated heterocycles. The van der Waals surface area contributed by atoms with E-state index in [1.54, 1.807) is 0 Å². The molecule has 1 N–H and O–H groups in total. The summed E-state index contributed by atoms with van der Waals surface area (Å²) in [6.07, 6.45) is 6.96. The second-order valence-electron chi connectivity index (χ2n) is 8.10. The summed E-state index contributed by atoms with van der Waals surface area (Å²) in [4.78, 5) is 0. The van der Waals surface area contributed by atoms with E-state index in [4.69, 9.17) is 27.9 Å². The Labute approximate surface area is 181 Å². The minimum atomic E-state index is 0.626. The Morgan fingerprint density at radius 3 is 2.66 bits per heavy atom. The van der Waals surface area contributed by atoms with Gasteiger partial charge in [-0.3, -0.25) is 0 Å². The monoisotopic (exact) mass is 428 g/mol. The Kier molecular flexibility index (Phi) is 5.47. The number of aromatic nitrogens is 1. The van der Waals surface area contributed by atoms with Gasteiger partial charge in [0.05, 0.1) is 17.1 Å². The van der Waals surface area contributed by atoms with Crippen LogP contribution >= 0.6 is 23.2 Å². The van der Waals surface area contributed by atoms with E-state index in [1.165, 1.54) is 53.5 Å². The van der Waals surface area contributed by atoms with Crippen LogP contribution in [0, 0.1) is 0 Å². The van der Waals surface area contributed by atoms with Crippen molar-refractivity contribution >= 4 is 34.1 Å². The summed E-state index contributed by atoms with van der Waals surface area (Å²) >= 11 is 13.0. The molecule has 0 spiro atoms. The molecular formula is C24H26Cl2N2O. The normalized spacial score (nSPS) is 16.3. The summed E-state index contributed by atoms with van der Waals surface area (Å²) in [5.41, 5.74) is 6.78. The second-order valence-corrected chi connectivity index (χ2v) is 8.94. The molecule has 0 radical (unpaired) electrons. The smallest absolute Gasteiger partial charge is 0.119 e. The van der Waals surface area contributed by atoms with E-state index in [-0.39, 0.29) is 0 Å². The van der Waals surface area contributed by atoms with Gasteiger partial charge in [0.1, 0.15) is 12.4 Å². The molecule has 5 rings (SSSR count). The van der Waals surface area contributed by atoms with Gasteiger partial charge in [0.15, 0.2) is 0 Å². The fraction of sp³-hybridized carbons (Fsp3) is 0.417. The summed E-state index contributed by atoms with van der Waals surface area (Å²) in [6.45, 7) is 3.38. The number of nitrogens with zero attached hydrogens (tertiary/aromatic N) is 1. The first-order chi connectivity index (χ1) is 14.2. The lowest BCUT2D eigenvalue weighted by Crippen LogP contribution is -2.18. The van der Waals surface area contributed by atoms with E-state index in [2.05, 4.69) is 34.1 Å². The predicted molar refractivity (Wildman–Crippen MR) is 121 cm³/mol. The maximum atomic E-state index is 6.64. The number of fused-ring (bicyclic) bond motifs is 4. The number of ether oxygens (including phenoxy) is 1. The molecule has 5 heteroatoms. The van der Waals surface area contributed by atoms with Crippen molar-refractivity contribution in [2.24, 2.45) is 0 Å². The number of halogens is 2. The number of hydrogen-bond donors (Lipinski definition) is 1. The van der Waals surface area contributed by atoms with Gasteiger partial charge in [-0.25, -0.2) is 0 Å². The number of nitrogens with one attached hydrogen (secondary N) is 1. The summed E-state index contributed by atoms with van der Waals surface area (Å²) in [7, 11) is 0. The minimum Gasteiger partial charge on any atom is -0.492 e. The third-order valence-electron chi connectivity index (χ3n) is 6.29. The maximum absolute atomic E-state index is 6.64. The molecule has 2 aliphatic rings. The SMILES string of the molecule is Clc1cc(Cl)c2c(c1)c1c(n2CCOc2ccc3c(c2)CCCC3)CCNCC1. The molecule has 1 aliphatic heterocycles. The maximum Gasteiger partial charge on any atom is 0.119 e. The lowest BCUT2D eigenvalue weighted by atomic mass is 9.92. The molecule has 1 aromatic heterocycles. The Morgan fingerprint density at radius 2 is 1.76 bits per heavy atom. The van der Waals surface area contributed by atoms with Crippen molar-refractivity contribution in [3.8, 4) is 5.75 Å². The van der Waals surface area contributed by atoms with Crippen molar-refractivity contribution in [2.75, 3.05) is 19.7 Å². The molecule has 0 saturated carbocycles. The average Bonchev–Trinajstić information content (AvgIpc) is 2.87. The zero-order chi connectivity index (χ0) is 19.8. The van der Waals surface area contributed by atoms with Gasteiger partial charge < -0.3 is 14.6 Å². The highest BCUT2D eigenvalue weighted by Gasteiger charge is 2.21. The molecular weight excluding hydrogens is 403 g/mol. The zero-order valence-corrected chi connectivity index (χ0v) is 18.1. The largest absolute Gasteiger partial charge is 0.492 e. The molecule has 3 nitrogen and oxygen atoms in total. The van der Waals surface area contributed by atoms with E-state index in [0.29, 0.717) is 11.6 Å². The van der Waals surface area contributed by atoms with E-state index in [9.17, 15) is 0 Å². The van der Waals surface area contributed by atoms with Crippen molar-refractivity contribution < 1.29 is 4.74 Å². The molecule has 2 aromatic carbocycles. The Hall–Kier alpha value is -1.68. The zero-order valence-electron chi connectivity index (χ0n) is 16.6. The molecule has 29 heavy (non-hydrogen) atoms. The third kappa shape index (κ3) is 3.76. The highest BCUT2D eigenvalue weighted by atomic mass is 35.5. The van der Waals surface area contributed by atoms with Crippen LogP contribution in [0.5, 0.6) is 5.75 Å². The van der Waals surface area contributed by atoms with Crippen molar-refractivity contribution in [1.82, 2.24) is 9.88 Å². The molecule has 2 heterocycles. The van der Waals surface area contributed by atoms with E-state index < -0.39 is 0 Å². The van der Waals surface area contributed by atoms with Crippen LogP contribution in [0.3, 0.4) is 0 Å². The molecule has 0 amide bonds. The van der Waals surface area contributed by atoms with Gasteiger partial charge in [-0.05, 0) is 79.6 Å². The first-order valence-corrected chi connectivity index (χ1v) is 11.4. The molecule has 0 fully saturated rings. The average molecular weight is 429 g/mol. The fourth-order valence-corrected chi connectivity index (χ4v) is 5.53. The van der Waals surface area contributed by atoms with Crippen LogP contribution in [-0.4, -0.2) is 24.3 Å². The topological polar surface area (TPSA) is 26.2 Å². The number of rotatable bonds is 4. The summed E-state index contributed by atoms with van der Waals surface area (Å²) in [6, 6.07) is 10.5. The van der Waals surface area contributed by atoms with Crippen LogP contribution in [0.2, 0.25) is 10.0 Å². The van der Waals surface area contributed by atoms with Gasteiger partial charge in [0, 0.05) is 29.1 Å². The van der Waals surface area contributed by atoms with Crippen molar-refractivity contribution in [2.45, 2.75) is 45.1 Å². The standard InChI is InChI=1S/C24H26Cl2N2O/c25-18-14-21-20-7-9-27-10-8-23(20)28(24(21)22(26)15-18)11-12-29-19-6-5-16-3-1-2-4-17(16)13-19/h5-6,13-15,27H,1-4,7-12H2. The van der Waals surface area contributed by atoms with E-state index in [1.807, 2.05) is 6.07 Å². The van der Waals surface area contributed by atoms with Crippen LogP contribution in [0.4, 0.5) is 0 Å². The minimum absolute atomic E-state index is 0.626. The molecule has 152 valence electrons. The summed E-state index contributed by atoms with van der Waals surface area (Å²) in [5, 5.41) is 6.11. The van der Waals surface area contributed by atoms with E-state index in [0.717, 1.165) is 48.8 Å². The van der Waals surface area contributed by atoms with Crippen molar-refractivity contribution in [3.63, 3.8) is 0 Å². The Balaban J connectivity index is 1.42. The van der Waals surface area contributed by atoms with Crippen molar-refractivity contribution in [3.05, 3.63) is 62.8 Å².